The van der Waals surface area contributed by atoms with Crippen molar-refractivity contribution in [1.82, 2.24) is 59.8 Å². The first-order chi connectivity index (χ1) is 57.3. The van der Waals surface area contributed by atoms with Crippen LogP contribution >= 0.6 is 0 Å². The third-order valence-corrected chi connectivity index (χ3v) is 21.7. The van der Waals surface area contributed by atoms with E-state index in [4.69, 9.17) is 47.1 Å². The molecule has 0 amide bonds. The van der Waals surface area contributed by atoms with E-state index in [0.717, 1.165) is 201 Å². The van der Waals surface area contributed by atoms with Crippen molar-refractivity contribution >= 4 is 248 Å². The number of H-pyrrole nitrogens is 6. The standard InChI is InChI=1S/3C30H30N4O4.3CH4N.3ClH.4Ga/c3*1-15-9-20-12-25-17(3)21(5-7-29(35)36)27(33-25)14-28-22(6-8-30(37)38)18(4)26(34-28)13-24-16(2)10-19(32-24)11-23(15)31-20;3*1-2;;;;;;;/h3*9-14,31-32H,5-8H2,1-4H3,(H,35,36)(H,37,38);3*2H,1H3;3*1H;;;;/q;;;3*-1;;;;4*+3/p-9. The molecule has 0 aromatic carbocycles. The van der Waals surface area contributed by atoms with Crippen molar-refractivity contribution < 1.29 is 96.6 Å². The summed E-state index contributed by atoms with van der Waals surface area (Å²) in [5.74, 6) is -6.78. The maximum atomic E-state index is 11.3. The average Bonchev–Trinajstić information content (AvgIpc) is 1.64. The van der Waals surface area contributed by atoms with Crippen LogP contribution in [0.4, 0.5) is 0 Å². The van der Waals surface area contributed by atoms with E-state index in [-0.39, 0.29) is 193 Å². The first-order valence-corrected chi connectivity index (χ1v) is 39.3. The van der Waals surface area contributed by atoms with Crippen LogP contribution in [0.3, 0.4) is 0 Å². The summed E-state index contributed by atoms with van der Waals surface area (Å²) in [6, 6.07) is 35.8. The number of hydrogen-bond donors (Lipinski definition) is 6. The molecular weight excluding hydrogens is 1900 g/mol. The van der Waals surface area contributed by atoms with Gasteiger partial charge in [0.25, 0.3) is 0 Å². The van der Waals surface area contributed by atoms with Gasteiger partial charge in [-0.05, 0) is 370 Å². The number of carboxylic acid groups (broad SMARTS) is 6. The Balaban J connectivity index is 0.000000464. The summed E-state index contributed by atoms with van der Waals surface area (Å²) in [6.07, 6.45) is 0.789. The summed E-state index contributed by atoms with van der Waals surface area (Å²) in [7, 11) is 3.75. The molecular formula is C93H96Cl3Ga4N15O12. The fourth-order valence-corrected chi connectivity index (χ4v) is 15.3. The number of hydrogen-bond acceptors (Lipinski definition) is 18. The van der Waals surface area contributed by atoms with Gasteiger partial charge in [0.05, 0.1) is 68.3 Å². The van der Waals surface area contributed by atoms with E-state index in [1.807, 2.05) is 138 Å². The number of allylic oxidation sites excluding steroid dienone is 12. The molecule has 9 aromatic rings. The molecule has 6 aliphatic heterocycles. The quantitative estimate of drug-likeness (QED) is 0.0672. The van der Waals surface area contributed by atoms with Crippen molar-refractivity contribution in [2.75, 3.05) is 21.1 Å². The number of aromatic amines is 6. The Bertz CT molecular complexity index is 5820. The molecule has 34 heteroatoms. The minimum atomic E-state index is -1.13. The SMILES string of the molecule is CC1=C(CCC(=O)[O-])c2cc3nc(cc4[nH]c(cc4C)cc4[nH]c(cc1n2)cc4C)C(C)=C3CCC(=O)[O-].CC1=C(CCC(=O)[O-])c2cc3nc(cc4[nH]c(cc4C)cc4[nH]c(cc1n2)cc4C)C(C)=C3CCC(=O)[O-].CC1=C(CCC(=O)[O-])c2cc3nc(cc4[nH]c(cc4C)cc4[nH]c(cc1n2)cc4C)C(C)=C3CCC(=O)[O-].C[NH-].C[NH-].C[NH-].[Cl-].[Cl-].[Cl-].[Ga+3].[Ga+3].[Ga+3].[Ga+3]. The number of aryl methyl sites for hydroxylation is 6. The molecule has 0 radical (unpaired) electrons. The first-order valence-electron chi connectivity index (χ1n) is 39.3. The van der Waals surface area contributed by atoms with Gasteiger partial charge in [-0.2, -0.15) is 21.1 Å². The van der Waals surface area contributed by atoms with E-state index in [9.17, 15) is 59.4 Å². The Morgan fingerprint density at radius 3 is 0.504 bits per heavy atom. The second-order valence-corrected chi connectivity index (χ2v) is 29.8. The summed E-state index contributed by atoms with van der Waals surface area (Å²) in [6.45, 7) is 23.8. The number of carbonyl (C=O) groups is 6. The molecule has 9 aromatic heterocycles. The fourth-order valence-electron chi connectivity index (χ4n) is 15.3. The van der Waals surface area contributed by atoms with Crippen LogP contribution in [0.2, 0.25) is 0 Å². The van der Waals surface area contributed by atoms with E-state index in [1.54, 1.807) is 0 Å². The topological polar surface area (TPSA) is 484 Å². The van der Waals surface area contributed by atoms with Crippen molar-refractivity contribution in [2.24, 2.45) is 0 Å². The normalized spacial score (nSPS) is 12.1. The Hall–Kier alpha value is -10.1. The minimum absolute atomic E-state index is 0. The number of nitrogens with zero attached hydrogens (tertiary/aromatic N) is 6. The predicted octanol–water partition coefficient (Wildman–Crippen LogP) is 3.05. The molecule has 0 saturated carbocycles. The van der Waals surface area contributed by atoms with Gasteiger partial charge in [-0.1, -0.05) is 0 Å². The molecule has 6 aliphatic rings. The fraction of sp³-hybridized carbons (Fsp3) is 0.290. The van der Waals surface area contributed by atoms with Gasteiger partial charge in [0.2, 0.25) is 0 Å². The maximum Gasteiger partial charge on any atom is 3.00 e. The molecule has 15 rings (SSSR count). The molecule has 0 atom stereocenters. The third-order valence-electron chi connectivity index (χ3n) is 21.7. The van der Waals surface area contributed by atoms with Crippen molar-refractivity contribution in [3.8, 4) is 0 Å². The zero-order valence-electron chi connectivity index (χ0n) is 73.4. The summed E-state index contributed by atoms with van der Waals surface area (Å²) in [5, 5.41) is 67.8. The number of halogens is 3. The predicted molar refractivity (Wildman–Crippen MR) is 486 cm³/mol. The molecule has 0 saturated heterocycles. The Labute approximate surface area is 807 Å². The monoisotopic (exact) mass is 2000 g/mol. The van der Waals surface area contributed by atoms with Crippen molar-refractivity contribution in [3.63, 3.8) is 0 Å². The van der Waals surface area contributed by atoms with Crippen LogP contribution in [0.25, 0.3) is 150 Å². The van der Waals surface area contributed by atoms with Crippen LogP contribution in [-0.2, 0) is 28.8 Å². The van der Waals surface area contributed by atoms with E-state index < -0.39 is 35.8 Å². The molecule has 0 spiro atoms. The summed E-state index contributed by atoms with van der Waals surface area (Å²) < 4.78 is 0. The zero-order valence-corrected chi connectivity index (χ0v) is 85.4. The second-order valence-electron chi connectivity index (χ2n) is 29.8. The number of aromatic nitrogens is 12. The van der Waals surface area contributed by atoms with Gasteiger partial charge in [-0.3, -0.25) is 0 Å². The van der Waals surface area contributed by atoms with E-state index >= 15 is 0 Å². The molecule has 0 aliphatic carbocycles. The van der Waals surface area contributed by atoms with Crippen LogP contribution in [0.15, 0.2) is 109 Å². The number of carbonyl (C=O) groups excluding carboxylic acids is 6. The second kappa shape index (κ2) is 49.5. The molecule has 0 unspecified atom stereocenters. The number of carboxylic acids is 6. The smallest absolute Gasteiger partial charge is 1.00 e. The van der Waals surface area contributed by atoms with Gasteiger partial charge in [-0.25, -0.2) is 29.9 Å². The number of aliphatic carboxylic acids is 6. The number of fused-ring (bicyclic) bond motifs is 24. The van der Waals surface area contributed by atoms with Crippen molar-refractivity contribution in [1.29, 1.82) is 0 Å². The molecule has 127 heavy (non-hydrogen) atoms. The van der Waals surface area contributed by atoms with Crippen LogP contribution in [0.5, 0.6) is 0 Å². The van der Waals surface area contributed by atoms with Gasteiger partial charge >= 0.3 is 79.2 Å². The molecule has 9 N–H and O–H groups in total. The van der Waals surface area contributed by atoms with Crippen LogP contribution < -0.4 is 67.9 Å². The molecule has 0 fully saturated rings. The largest absolute Gasteiger partial charge is 3.00 e. The Kier molecular flexibility index (Phi) is 43.3. The summed E-state index contributed by atoms with van der Waals surface area (Å²) >= 11 is 0. The van der Waals surface area contributed by atoms with E-state index in [2.05, 4.69) is 84.5 Å². The molecule has 15 heterocycles. The van der Waals surface area contributed by atoms with Gasteiger partial charge in [-0.15, -0.1) is 0 Å². The summed E-state index contributed by atoms with van der Waals surface area (Å²) in [5.41, 5.74) is 53.1. The van der Waals surface area contributed by atoms with Crippen LogP contribution in [0, 0.1) is 41.5 Å². The van der Waals surface area contributed by atoms with Crippen molar-refractivity contribution in [3.05, 3.63) is 228 Å². The van der Waals surface area contributed by atoms with Crippen LogP contribution in [0.1, 0.15) is 220 Å². The maximum absolute atomic E-state index is 11.3. The minimum Gasteiger partial charge on any atom is -1.00 e. The van der Waals surface area contributed by atoms with E-state index in [0.29, 0.717) is 34.2 Å². The van der Waals surface area contributed by atoms with Crippen molar-refractivity contribution in [2.45, 2.75) is 160 Å². The van der Waals surface area contributed by atoms with Gasteiger partial charge < -0.3 is 144 Å². The molecule has 648 valence electrons. The molecule has 24 bridgehead atoms. The van der Waals surface area contributed by atoms with Gasteiger partial charge in [0.1, 0.15) is 0 Å². The zero-order chi connectivity index (χ0) is 87.4. The third kappa shape index (κ3) is 27.0. The summed E-state index contributed by atoms with van der Waals surface area (Å²) in [4.78, 5) is 118. The Morgan fingerprint density at radius 2 is 0.354 bits per heavy atom. The van der Waals surface area contributed by atoms with Crippen LogP contribution in [-0.4, -0.2) is 196 Å². The average molecular weight is 2000 g/mol. The number of rotatable bonds is 18. The van der Waals surface area contributed by atoms with Gasteiger partial charge in [0, 0.05) is 102 Å². The Morgan fingerprint density at radius 1 is 0.220 bits per heavy atom. The van der Waals surface area contributed by atoms with E-state index in [1.165, 1.54) is 21.1 Å². The molecule has 27 nitrogen and oxygen atoms in total. The number of nitrogens with one attached hydrogen (secondary N) is 9. The first kappa shape index (κ1) is 111. The van der Waals surface area contributed by atoms with Gasteiger partial charge in [0.15, 0.2) is 0 Å².